The van der Waals surface area contributed by atoms with Crippen molar-refractivity contribution >= 4 is 17.4 Å². The number of aromatic nitrogens is 1. The SMILES string of the molecule is CCc1ccc(Cn2c(C)cc(C(=O)CCl)c2C)cc1. The van der Waals surface area contributed by atoms with E-state index in [-0.39, 0.29) is 11.7 Å². The summed E-state index contributed by atoms with van der Waals surface area (Å²) in [6.07, 6.45) is 1.05. The Bertz CT molecular complexity index is 611. The molecule has 0 unspecified atom stereocenters. The van der Waals surface area contributed by atoms with Gasteiger partial charge in [0.05, 0.1) is 5.88 Å². The van der Waals surface area contributed by atoms with E-state index in [1.54, 1.807) is 0 Å². The highest BCUT2D eigenvalue weighted by Gasteiger charge is 2.14. The minimum Gasteiger partial charge on any atom is -0.344 e. The third-order valence-corrected chi connectivity index (χ3v) is 4.01. The smallest absolute Gasteiger partial charge is 0.179 e. The summed E-state index contributed by atoms with van der Waals surface area (Å²) in [6.45, 7) is 6.95. The van der Waals surface area contributed by atoms with Gasteiger partial charge in [-0.3, -0.25) is 4.79 Å². The molecule has 106 valence electrons. The van der Waals surface area contributed by atoms with Gasteiger partial charge in [0.25, 0.3) is 0 Å². The van der Waals surface area contributed by atoms with Crippen LogP contribution in [0.3, 0.4) is 0 Å². The average Bonchev–Trinajstić information content (AvgIpc) is 2.75. The van der Waals surface area contributed by atoms with Crippen molar-refractivity contribution in [3.8, 4) is 0 Å². The van der Waals surface area contributed by atoms with E-state index in [1.165, 1.54) is 11.1 Å². The maximum atomic E-state index is 11.8. The molecule has 20 heavy (non-hydrogen) atoms. The normalized spacial score (nSPS) is 10.8. The molecule has 0 radical (unpaired) electrons. The van der Waals surface area contributed by atoms with E-state index >= 15 is 0 Å². The zero-order valence-electron chi connectivity index (χ0n) is 12.2. The molecule has 2 rings (SSSR count). The van der Waals surface area contributed by atoms with E-state index in [1.807, 2.05) is 19.9 Å². The summed E-state index contributed by atoms with van der Waals surface area (Å²) in [5.41, 5.74) is 5.41. The quantitative estimate of drug-likeness (QED) is 0.599. The van der Waals surface area contributed by atoms with Gasteiger partial charge in [0.2, 0.25) is 0 Å². The minimum atomic E-state index is -0.00709. The lowest BCUT2D eigenvalue weighted by Crippen LogP contribution is -2.07. The van der Waals surface area contributed by atoms with Crippen LogP contribution in [-0.2, 0) is 13.0 Å². The van der Waals surface area contributed by atoms with Gasteiger partial charge in [-0.15, -0.1) is 11.6 Å². The van der Waals surface area contributed by atoms with E-state index in [2.05, 4.69) is 35.8 Å². The van der Waals surface area contributed by atoms with Crippen LogP contribution in [0.25, 0.3) is 0 Å². The van der Waals surface area contributed by atoms with Crippen LogP contribution in [0.5, 0.6) is 0 Å². The number of rotatable bonds is 5. The van der Waals surface area contributed by atoms with Crippen molar-refractivity contribution in [2.24, 2.45) is 0 Å². The Kier molecular flexibility index (Phi) is 4.66. The molecule has 0 saturated carbocycles. The largest absolute Gasteiger partial charge is 0.344 e. The molecule has 2 nitrogen and oxygen atoms in total. The highest BCUT2D eigenvalue weighted by atomic mass is 35.5. The highest BCUT2D eigenvalue weighted by molar-refractivity contribution is 6.30. The molecular weight excluding hydrogens is 270 g/mol. The molecule has 0 saturated heterocycles. The first kappa shape index (κ1) is 14.9. The molecule has 0 spiro atoms. The zero-order chi connectivity index (χ0) is 14.7. The topological polar surface area (TPSA) is 22.0 Å². The summed E-state index contributed by atoms with van der Waals surface area (Å²) in [7, 11) is 0. The Labute approximate surface area is 125 Å². The van der Waals surface area contributed by atoms with E-state index in [0.29, 0.717) is 0 Å². The van der Waals surface area contributed by atoms with Gasteiger partial charge in [-0.05, 0) is 37.5 Å². The lowest BCUT2D eigenvalue weighted by atomic mass is 10.1. The Balaban J connectivity index is 2.28. The van der Waals surface area contributed by atoms with E-state index < -0.39 is 0 Å². The summed E-state index contributed by atoms with van der Waals surface area (Å²) in [5.74, 6) is 0.0301. The number of benzene rings is 1. The van der Waals surface area contributed by atoms with Crippen molar-refractivity contribution in [1.29, 1.82) is 0 Å². The van der Waals surface area contributed by atoms with Gasteiger partial charge in [-0.1, -0.05) is 31.2 Å². The fraction of sp³-hybridized carbons (Fsp3) is 0.353. The number of hydrogen-bond donors (Lipinski definition) is 0. The Morgan fingerprint density at radius 2 is 1.75 bits per heavy atom. The molecule has 2 aromatic rings. The van der Waals surface area contributed by atoms with Crippen molar-refractivity contribution in [2.75, 3.05) is 5.88 Å². The van der Waals surface area contributed by atoms with Gasteiger partial charge < -0.3 is 4.57 Å². The van der Waals surface area contributed by atoms with Crippen molar-refractivity contribution in [2.45, 2.75) is 33.7 Å². The standard InChI is InChI=1S/C17H20ClNO/c1-4-14-5-7-15(8-6-14)11-19-12(2)9-16(13(19)3)17(20)10-18/h5-9H,4,10-11H2,1-3H3. The first-order valence-electron chi connectivity index (χ1n) is 6.90. The van der Waals surface area contributed by atoms with Gasteiger partial charge in [-0.2, -0.15) is 0 Å². The van der Waals surface area contributed by atoms with Crippen molar-refractivity contribution in [1.82, 2.24) is 4.57 Å². The fourth-order valence-corrected chi connectivity index (χ4v) is 2.61. The second-order valence-electron chi connectivity index (χ2n) is 5.10. The number of hydrogen-bond acceptors (Lipinski definition) is 1. The third-order valence-electron chi connectivity index (χ3n) is 3.77. The Morgan fingerprint density at radius 1 is 1.15 bits per heavy atom. The molecule has 0 N–H and O–H groups in total. The average molecular weight is 290 g/mol. The van der Waals surface area contributed by atoms with Crippen LogP contribution in [0.4, 0.5) is 0 Å². The number of Topliss-reactive ketones (excluding diaryl/α,β-unsaturated/α-hetero) is 1. The van der Waals surface area contributed by atoms with E-state index in [4.69, 9.17) is 11.6 Å². The second-order valence-corrected chi connectivity index (χ2v) is 5.37. The minimum absolute atomic E-state index is 0.00709. The molecule has 1 heterocycles. The van der Waals surface area contributed by atoms with Crippen LogP contribution in [0.2, 0.25) is 0 Å². The number of halogens is 1. The Morgan fingerprint density at radius 3 is 2.30 bits per heavy atom. The number of carbonyl (C=O) groups excluding carboxylic acids is 1. The first-order chi connectivity index (χ1) is 9.56. The highest BCUT2D eigenvalue weighted by Crippen LogP contribution is 2.18. The molecule has 1 aromatic heterocycles. The van der Waals surface area contributed by atoms with Crippen LogP contribution in [0.1, 0.15) is 39.8 Å². The molecule has 0 fully saturated rings. The number of ketones is 1. The number of aryl methyl sites for hydroxylation is 2. The summed E-state index contributed by atoms with van der Waals surface area (Å²) < 4.78 is 2.17. The van der Waals surface area contributed by atoms with E-state index in [0.717, 1.165) is 29.9 Å². The van der Waals surface area contributed by atoms with Crippen molar-refractivity contribution in [3.05, 3.63) is 58.4 Å². The fourth-order valence-electron chi connectivity index (χ4n) is 2.46. The van der Waals surface area contributed by atoms with Crippen LogP contribution < -0.4 is 0 Å². The molecule has 0 aliphatic rings. The Hall–Kier alpha value is -1.54. The predicted molar refractivity (Wildman–Crippen MR) is 83.9 cm³/mol. The molecule has 3 heteroatoms. The maximum absolute atomic E-state index is 11.8. The van der Waals surface area contributed by atoms with Gasteiger partial charge in [0.1, 0.15) is 0 Å². The molecule has 0 amide bonds. The molecule has 0 aliphatic carbocycles. The van der Waals surface area contributed by atoms with Crippen LogP contribution in [-0.4, -0.2) is 16.2 Å². The van der Waals surface area contributed by atoms with Crippen molar-refractivity contribution in [3.63, 3.8) is 0 Å². The third kappa shape index (κ3) is 2.96. The molecule has 0 bridgehead atoms. The lowest BCUT2D eigenvalue weighted by molar-refractivity contribution is 0.102. The summed E-state index contributed by atoms with van der Waals surface area (Å²) in [4.78, 5) is 11.8. The molecular formula is C17H20ClNO. The summed E-state index contributed by atoms with van der Waals surface area (Å²) in [5, 5.41) is 0. The van der Waals surface area contributed by atoms with Gasteiger partial charge >= 0.3 is 0 Å². The zero-order valence-corrected chi connectivity index (χ0v) is 13.0. The van der Waals surface area contributed by atoms with Gasteiger partial charge in [0.15, 0.2) is 5.78 Å². The molecule has 1 aromatic carbocycles. The maximum Gasteiger partial charge on any atom is 0.179 e. The van der Waals surface area contributed by atoms with Gasteiger partial charge in [-0.25, -0.2) is 0 Å². The molecule has 0 atom stereocenters. The predicted octanol–water partition coefficient (Wildman–Crippen LogP) is 4.14. The number of alkyl halides is 1. The van der Waals surface area contributed by atoms with Crippen molar-refractivity contribution < 1.29 is 4.79 Å². The first-order valence-corrected chi connectivity index (χ1v) is 7.44. The lowest BCUT2D eigenvalue weighted by Gasteiger charge is -2.10. The van der Waals surface area contributed by atoms with Gasteiger partial charge in [0, 0.05) is 23.5 Å². The molecule has 0 aliphatic heterocycles. The summed E-state index contributed by atoms with van der Waals surface area (Å²) >= 11 is 5.65. The number of nitrogens with zero attached hydrogens (tertiary/aromatic N) is 1. The second kappa shape index (κ2) is 6.27. The monoisotopic (exact) mass is 289 g/mol. The van der Waals surface area contributed by atoms with E-state index in [9.17, 15) is 4.79 Å². The van der Waals surface area contributed by atoms with Crippen LogP contribution >= 0.6 is 11.6 Å². The van der Waals surface area contributed by atoms with Crippen LogP contribution in [0.15, 0.2) is 30.3 Å². The van der Waals surface area contributed by atoms with Crippen LogP contribution in [0, 0.1) is 13.8 Å². The summed E-state index contributed by atoms with van der Waals surface area (Å²) in [6, 6.07) is 10.6. The number of carbonyl (C=O) groups is 1.